The Kier molecular flexibility index (Phi) is 4.93. The standard InChI is InChI=1S/C23H23N5O2/c29-23(25-12-8-17-5-2-1-3-6-17)27-13-9-19(15-27)28-21(18-10-14-30-16-18)26-20-7-4-11-24-22(20)28/h1-7,10-11,14,16,19H,8-9,12-13,15H2,(H,25,29)/t19-/m1/s1. The molecule has 0 unspecified atom stereocenters. The lowest BCUT2D eigenvalue weighted by atomic mass is 10.1. The molecule has 0 aliphatic carbocycles. The molecule has 5 rings (SSSR count). The fraction of sp³-hybridized carbons (Fsp3) is 0.261. The van der Waals surface area contributed by atoms with Crippen LogP contribution in [0.4, 0.5) is 4.79 Å². The molecule has 1 aromatic carbocycles. The zero-order valence-electron chi connectivity index (χ0n) is 16.6. The molecular formula is C23H23N5O2. The van der Waals surface area contributed by atoms with Crippen LogP contribution in [-0.2, 0) is 6.42 Å². The van der Waals surface area contributed by atoms with Crippen molar-refractivity contribution in [3.8, 4) is 11.4 Å². The second-order valence-corrected chi connectivity index (χ2v) is 7.52. The maximum atomic E-state index is 12.7. The van der Waals surface area contributed by atoms with Gasteiger partial charge in [-0.25, -0.2) is 14.8 Å². The molecule has 1 aliphatic heterocycles. The third-order valence-electron chi connectivity index (χ3n) is 5.58. The normalized spacial score (nSPS) is 16.3. The average Bonchev–Trinajstić information content (AvgIpc) is 3.53. The highest BCUT2D eigenvalue weighted by Gasteiger charge is 2.30. The van der Waals surface area contributed by atoms with E-state index in [-0.39, 0.29) is 12.1 Å². The number of pyridine rings is 1. The van der Waals surface area contributed by atoms with Gasteiger partial charge < -0.3 is 19.2 Å². The SMILES string of the molecule is O=C(NCCc1ccccc1)N1CC[C@@H](n2c(-c3ccoc3)nc3cccnc32)C1. The molecule has 0 spiro atoms. The first-order valence-electron chi connectivity index (χ1n) is 10.2. The molecule has 1 N–H and O–H groups in total. The van der Waals surface area contributed by atoms with Crippen molar-refractivity contribution in [1.29, 1.82) is 0 Å². The van der Waals surface area contributed by atoms with E-state index in [0.29, 0.717) is 19.6 Å². The highest BCUT2D eigenvalue weighted by Crippen LogP contribution is 2.32. The molecule has 4 aromatic rings. The van der Waals surface area contributed by atoms with Crippen molar-refractivity contribution in [2.24, 2.45) is 0 Å². The van der Waals surface area contributed by atoms with E-state index in [1.807, 2.05) is 41.3 Å². The van der Waals surface area contributed by atoms with Gasteiger partial charge in [0.05, 0.1) is 17.9 Å². The van der Waals surface area contributed by atoms with Crippen molar-refractivity contribution in [2.75, 3.05) is 19.6 Å². The minimum atomic E-state index is -0.0179. The largest absolute Gasteiger partial charge is 0.472 e. The van der Waals surface area contributed by atoms with Gasteiger partial charge in [-0.1, -0.05) is 30.3 Å². The summed E-state index contributed by atoms with van der Waals surface area (Å²) < 4.78 is 7.42. The highest BCUT2D eigenvalue weighted by atomic mass is 16.3. The van der Waals surface area contributed by atoms with Gasteiger partial charge in [0.25, 0.3) is 0 Å². The smallest absolute Gasteiger partial charge is 0.317 e. The van der Waals surface area contributed by atoms with Crippen LogP contribution in [0.5, 0.6) is 0 Å². The van der Waals surface area contributed by atoms with Crippen LogP contribution in [0, 0.1) is 0 Å². The molecule has 7 nitrogen and oxygen atoms in total. The number of furan rings is 1. The average molecular weight is 401 g/mol. The maximum Gasteiger partial charge on any atom is 0.317 e. The molecule has 0 bridgehead atoms. The van der Waals surface area contributed by atoms with E-state index in [4.69, 9.17) is 9.40 Å². The molecule has 1 saturated heterocycles. The second-order valence-electron chi connectivity index (χ2n) is 7.52. The van der Waals surface area contributed by atoms with E-state index in [9.17, 15) is 4.79 Å². The number of aromatic nitrogens is 3. The topological polar surface area (TPSA) is 76.2 Å². The summed E-state index contributed by atoms with van der Waals surface area (Å²) in [4.78, 5) is 23.9. The number of amides is 2. The minimum Gasteiger partial charge on any atom is -0.472 e. The number of likely N-dealkylation sites (tertiary alicyclic amines) is 1. The Balaban J connectivity index is 1.30. The molecule has 1 fully saturated rings. The van der Waals surface area contributed by atoms with Gasteiger partial charge in [0.1, 0.15) is 17.6 Å². The summed E-state index contributed by atoms with van der Waals surface area (Å²) in [5.41, 5.74) is 3.82. The van der Waals surface area contributed by atoms with Crippen LogP contribution in [0.3, 0.4) is 0 Å². The molecule has 30 heavy (non-hydrogen) atoms. The summed E-state index contributed by atoms with van der Waals surface area (Å²) >= 11 is 0. The first kappa shape index (κ1) is 18.4. The number of nitrogens with one attached hydrogen (secondary N) is 1. The Morgan fingerprint density at radius 3 is 2.90 bits per heavy atom. The third kappa shape index (κ3) is 3.54. The number of benzene rings is 1. The van der Waals surface area contributed by atoms with Gasteiger partial charge in [0.2, 0.25) is 0 Å². The molecule has 1 atom stereocenters. The molecular weight excluding hydrogens is 378 g/mol. The quantitative estimate of drug-likeness (QED) is 0.550. The lowest BCUT2D eigenvalue weighted by Gasteiger charge is -2.19. The Morgan fingerprint density at radius 2 is 2.07 bits per heavy atom. The highest BCUT2D eigenvalue weighted by molar-refractivity contribution is 5.78. The number of rotatable bonds is 5. The Hall–Kier alpha value is -3.61. The second kappa shape index (κ2) is 8.02. The van der Waals surface area contributed by atoms with Crippen LogP contribution in [0.25, 0.3) is 22.6 Å². The van der Waals surface area contributed by atoms with E-state index in [1.54, 1.807) is 18.7 Å². The Morgan fingerprint density at radius 1 is 1.17 bits per heavy atom. The number of hydrogen-bond donors (Lipinski definition) is 1. The van der Waals surface area contributed by atoms with Gasteiger partial charge in [0.15, 0.2) is 5.65 Å². The third-order valence-corrected chi connectivity index (χ3v) is 5.58. The van der Waals surface area contributed by atoms with Gasteiger partial charge in [-0.3, -0.25) is 0 Å². The van der Waals surface area contributed by atoms with Crippen LogP contribution in [0.15, 0.2) is 71.7 Å². The lowest BCUT2D eigenvalue weighted by Crippen LogP contribution is -2.39. The number of hydrogen-bond acceptors (Lipinski definition) is 4. The van der Waals surface area contributed by atoms with Crippen molar-refractivity contribution in [3.05, 3.63) is 72.8 Å². The van der Waals surface area contributed by atoms with E-state index < -0.39 is 0 Å². The van der Waals surface area contributed by atoms with Crippen molar-refractivity contribution in [2.45, 2.75) is 18.9 Å². The summed E-state index contributed by atoms with van der Waals surface area (Å²) in [5.74, 6) is 0.828. The summed E-state index contributed by atoms with van der Waals surface area (Å²) in [6.07, 6.45) is 6.81. The van der Waals surface area contributed by atoms with Crippen LogP contribution in [-0.4, -0.2) is 45.1 Å². The van der Waals surface area contributed by atoms with Crippen molar-refractivity contribution >= 4 is 17.2 Å². The predicted octanol–water partition coefficient (Wildman–Crippen LogP) is 3.89. The number of urea groups is 1. The summed E-state index contributed by atoms with van der Waals surface area (Å²) in [5, 5.41) is 3.05. The molecule has 3 aromatic heterocycles. The van der Waals surface area contributed by atoms with Crippen molar-refractivity contribution in [3.63, 3.8) is 0 Å². The zero-order chi connectivity index (χ0) is 20.3. The van der Waals surface area contributed by atoms with Crippen molar-refractivity contribution in [1.82, 2.24) is 24.8 Å². The Labute approximate surface area is 174 Å². The van der Waals surface area contributed by atoms with Crippen LogP contribution in [0.1, 0.15) is 18.0 Å². The van der Waals surface area contributed by atoms with Gasteiger partial charge in [-0.2, -0.15) is 0 Å². The molecule has 4 heterocycles. The van der Waals surface area contributed by atoms with Gasteiger partial charge in [-0.15, -0.1) is 0 Å². The molecule has 7 heteroatoms. The molecule has 2 amide bonds. The number of nitrogens with zero attached hydrogens (tertiary/aromatic N) is 4. The van der Waals surface area contributed by atoms with E-state index in [0.717, 1.165) is 35.4 Å². The summed E-state index contributed by atoms with van der Waals surface area (Å²) in [7, 11) is 0. The fourth-order valence-corrected chi connectivity index (χ4v) is 4.08. The molecule has 0 radical (unpaired) electrons. The first-order valence-corrected chi connectivity index (χ1v) is 10.2. The van der Waals surface area contributed by atoms with Gasteiger partial charge in [0, 0.05) is 25.8 Å². The first-order chi connectivity index (χ1) is 14.8. The van der Waals surface area contributed by atoms with Crippen LogP contribution >= 0.6 is 0 Å². The molecule has 0 saturated carbocycles. The number of imidazole rings is 1. The fourth-order valence-electron chi connectivity index (χ4n) is 4.08. The predicted molar refractivity (Wildman–Crippen MR) is 114 cm³/mol. The number of fused-ring (bicyclic) bond motifs is 1. The number of carbonyl (C=O) groups is 1. The molecule has 152 valence electrons. The van der Waals surface area contributed by atoms with E-state index in [1.165, 1.54) is 5.56 Å². The van der Waals surface area contributed by atoms with Crippen molar-refractivity contribution < 1.29 is 9.21 Å². The summed E-state index contributed by atoms with van der Waals surface area (Å²) in [6, 6.07) is 16.0. The molecule has 1 aliphatic rings. The number of carbonyl (C=O) groups excluding carboxylic acids is 1. The lowest BCUT2D eigenvalue weighted by molar-refractivity contribution is 0.207. The summed E-state index contributed by atoms with van der Waals surface area (Å²) in [6.45, 7) is 1.96. The Bertz CT molecular complexity index is 1140. The maximum absolute atomic E-state index is 12.7. The van der Waals surface area contributed by atoms with Gasteiger partial charge >= 0.3 is 6.03 Å². The minimum absolute atomic E-state index is 0.0179. The monoisotopic (exact) mass is 401 g/mol. The van der Waals surface area contributed by atoms with Crippen LogP contribution in [0.2, 0.25) is 0 Å². The van der Waals surface area contributed by atoms with Crippen LogP contribution < -0.4 is 5.32 Å². The van der Waals surface area contributed by atoms with E-state index in [2.05, 4.69) is 27.0 Å². The van der Waals surface area contributed by atoms with E-state index >= 15 is 0 Å². The van der Waals surface area contributed by atoms with Gasteiger partial charge in [-0.05, 0) is 36.6 Å². The zero-order valence-corrected chi connectivity index (χ0v) is 16.6.